The standard InChI is InChI=1S/C12H18N2O2/c1-15-10-4-3-5-11(16-2)12(10)9-8-13-6-7-14-9/h3-5,9,13-14H,6-8H2,1-2H3/t9-/m0/s1. The van der Waals surface area contributed by atoms with Crippen LogP contribution in [0, 0.1) is 0 Å². The molecule has 1 atom stereocenters. The monoisotopic (exact) mass is 222 g/mol. The van der Waals surface area contributed by atoms with Gasteiger partial charge in [-0.15, -0.1) is 0 Å². The minimum absolute atomic E-state index is 0.250. The van der Waals surface area contributed by atoms with Gasteiger partial charge in [0.25, 0.3) is 0 Å². The van der Waals surface area contributed by atoms with Crippen molar-refractivity contribution >= 4 is 0 Å². The van der Waals surface area contributed by atoms with Crippen LogP contribution in [0.1, 0.15) is 11.6 Å². The fourth-order valence-electron chi connectivity index (χ4n) is 2.08. The second kappa shape index (κ2) is 5.18. The molecule has 1 heterocycles. The third-order valence-corrected chi connectivity index (χ3v) is 2.86. The molecule has 0 aliphatic carbocycles. The summed E-state index contributed by atoms with van der Waals surface area (Å²) < 4.78 is 10.8. The average Bonchev–Trinajstić information content (AvgIpc) is 2.38. The van der Waals surface area contributed by atoms with Crippen LogP contribution in [0.25, 0.3) is 0 Å². The van der Waals surface area contributed by atoms with E-state index in [0.717, 1.165) is 36.7 Å². The van der Waals surface area contributed by atoms with Crippen molar-refractivity contribution in [2.45, 2.75) is 6.04 Å². The summed E-state index contributed by atoms with van der Waals surface area (Å²) in [7, 11) is 3.38. The molecule has 1 fully saturated rings. The molecule has 0 saturated carbocycles. The van der Waals surface area contributed by atoms with Crippen LogP contribution in [0.3, 0.4) is 0 Å². The minimum Gasteiger partial charge on any atom is -0.496 e. The van der Waals surface area contributed by atoms with Gasteiger partial charge in [-0.3, -0.25) is 0 Å². The highest BCUT2D eigenvalue weighted by Gasteiger charge is 2.21. The Morgan fingerprint density at radius 2 is 1.81 bits per heavy atom. The highest BCUT2D eigenvalue weighted by Crippen LogP contribution is 2.34. The number of nitrogens with one attached hydrogen (secondary N) is 2. The molecule has 16 heavy (non-hydrogen) atoms. The van der Waals surface area contributed by atoms with E-state index in [4.69, 9.17) is 9.47 Å². The van der Waals surface area contributed by atoms with E-state index < -0.39 is 0 Å². The first-order valence-corrected chi connectivity index (χ1v) is 5.52. The normalized spacial score (nSPS) is 20.5. The summed E-state index contributed by atoms with van der Waals surface area (Å²) >= 11 is 0. The average molecular weight is 222 g/mol. The molecule has 0 unspecified atom stereocenters. The van der Waals surface area contributed by atoms with Gasteiger partial charge in [0.1, 0.15) is 11.5 Å². The molecule has 2 N–H and O–H groups in total. The Hall–Kier alpha value is -1.26. The lowest BCUT2D eigenvalue weighted by molar-refractivity contribution is 0.355. The molecular formula is C12H18N2O2. The van der Waals surface area contributed by atoms with Crippen LogP contribution < -0.4 is 20.1 Å². The van der Waals surface area contributed by atoms with Crippen LogP contribution in [0.4, 0.5) is 0 Å². The Morgan fingerprint density at radius 1 is 1.12 bits per heavy atom. The quantitative estimate of drug-likeness (QED) is 0.798. The van der Waals surface area contributed by atoms with Gasteiger partial charge in [-0.05, 0) is 12.1 Å². The first kappa shape index (κ1) is 11.2. The van der Waals surface area contributed by atoms with Gasteiger partial charge in [-0.1, -0.05) is 6.07 Å². The molecule has 88 valence electrons. The summed E-state index contributed by atoms with van der Waals surface area (Å²) in [5.74, 6) is 1.75. The first-order chi connectivity index (χ1) is 7.86. The van der Waals surface area contributed by atoms with Gasteiger partial charge in [0, 0.05) is 19.6 Å². The first-order valence-electron chi connectivity index (χ1n) is 5.52. The highest BCUT2D eigenvalue weighted by atomic mass is 16.5. The zero-order valence-electron chi connectivity index (χ0n) is 9.75. The van der Waals surface area contributed by atoms with Crippen molar-refractivity contribution in [1.29, 1.82) is 0 Å². The molecule has 2 rings (SSSR count). The topological polar surface area (TPSA) is 42.5 Å². The summed E-state index contributed by atoms with van der Waals surface area (Å²) in [6.45, 7) is 2.87. The zero-order chi connectivity index (χ0) is 11.4. The van der Waals surface area contributed by atoms with E-state index in [9.17, 15) is 0 Å². The predicted molar refractivity (Wildman–Crippen MR) is 63.2 cm³/mol. The van der Waals surface area contributed by atoms with Crippen LogP contribution in [0.5, 0.6) is 11.5 Å². The molecule has 0 radical (unpaired) electrons. The van der Waals surface area contributed by atoms with E-state index in [2.05, 4.69) is 10.6 Å². The van der Waals surface area contributed by atoms with Crippen molar-refractivity contribution in [3.8, 4) is 11.5 Å². The maximum Gasteiger partial charge on any atom is 0.127 e. The number of hydrogen-bond acceptors (Lipinski definition) is 4. The molecule has 0 spiro atoms. The van der Waals surface area contributed by atoms with Gasteiger partial charge in [-0.2, -0.15) is 0 Å². The molecule has 1 aromatic carbocycles. The Balaban J connectivity index is 2.34. The van der Waals surface area contributed by atoms with Crippen LogP contribution in [-0.4, -0.2) is 33.9 Å². The number of methoxy groups -OCH3 is 2. The molecule has 0 bridgehead atoms. The van der Waals surface area contributed by atoms with Gasteiger partial charge in [0.15, 0.2) is 0 Å². The lowest BCUT2D eigenvalue weighted by atomic mass is 10.0. The Kier molecular flexibility index (Phi) is 3.64. The van der Waals surface area contributed by atoms with Gasteiger partial charge in [0.05, 0.1) is 25.8 Å². The van der Waals surface area contributed by atoms with Crippen LogP contribution in [0.2, 0.25) is 0 Å². The van der Waals surface area contributed by atoms with Gasteiger partial charge >= 0.3 is 0 Å². The molecule has 1 aliphatic heterocycles. The van der Waals surface area contributed by atoms with Crippen LogP contribution in [0.15, 0.2) is 18.2 Å². The number of piperazine rings is 1. The lowest BCUT2D eigenvalue weighted by Crippen LogP contribution is -2.42. The largest absolute Gasteiger partial charge is 0.496 e. The van der Waals surface area contributed by atoms with Gasteiger partial charge in [0.2, 0.25) is 0 Å². The number of hydrogen-bond donors (Lipinski definition) is 2. The van der Waals surface area contributed by atoms with E-state index in [-0.39, 0.29) is 6.04 Å². The van der Waals surface area contributed by atoms with Crippen molar-refractivity contribution < 1.29 is 9.47 Å². The maximum atomic E-state index is 5.39. The van der Waals surface area contributed by atoms with Crippen LogP contribution >= 0.6 is 0 Å². The van der Waals surface area contributed by atoms with Gasteiger partial charge in [-0.25, -0.2) is 0 Å². The van der Waals surface area contributed by atoms with Gasteiger partial charge < -0.3 is 20.1 Å². The molecule has 0 aromatic heterocycles. The van der Waals surface area contributed by atoms with Crippen molar-refractivity contribution in [1.82, 2.24) is 10.6 Å². The van der Waals surface area contributed by atoms with E-state index in [1.165, 1.54) is 0 Å². The Morgan fingerprint density at radius 3 is 2.31 bits per heavy atom. The molecule has 1 aliphatic rings. The van der Waals surface area contributed by atoms with Crippen LogP contribution in [-0.2, 0) is 0 Å². The summed E-state index contributed by atoms with van der Waals surface area (Å²) in [4.78, 5) is 0. The number of benzene rings is 1. The predicted octanol–water partition coefficient (Wildman–Crippen LogP) is 0.938. The molecule has 1 aromatic rings. The SMILES string of the molecule is COc1cccc(OC)c1[C@@H]1CNCCN1. The van der Waals surface area contributed by atoms with E-state index in [0.29, 0.717) is 0 Å². The van der Waals surface area contributed by atoms with E-state index in [1.54, 1.807) is 14.2 Å². The van der Waals surface area contributed by atoms with E-state index in [1.807, 2.05) is 18.2 Å². The molecule has 0 amide bonds. The summed E-state index contributed by atoms with van der Waals surface area (Å²) in [6.07, 6.45) is 0. The Labute approximate surface area is 95.9 Å². The highest BCUT2D eigenvalue weighted by molar-refractivity contribution is 5.47. The van der Waals surface area contributed by atoms with Crippen molar-refractivity contribution in [2.24, 2.45) is 0 Å². The lowest BCUT2D eigenvalue weighted by Gasteiger charge is -2.27. The second-order valence-electron chi connectivity index (χ2n) is 3.79. The van der Waals surface area contributed by atoms with E-state index >= 15 is 0 Å². The third kappa shape index (κ3) is 2.13. The third-order valence-electron chi connectivity index (χ3n) is 2.86. The fourth-order valence-corrected chi connectivity index (χ4v) is 2.08. The molecular weight excluding hydrogens is 204 g/mol. The molecule has 1 saturated heterocycles. The fraction of sp³-hybridized carbons (Fsp3) is 0.500. The zero-order valence-corrected chi connectivity index (χ0v) is 9.75. The smallest absolute Gasteiger partial charge is 0.127 e. The Bertz CT molecular complexity index is 327. The molecule has 4 heteroatoms. The maximum absolute atomic E-state index is 5.39. The summed E-state index contributed by atoms with van der Waals surface area (Å²) in [6, 6.07) is 6.12. The summed E-state index contributed by atoms with van der Waals surface area (Å²) in [5, 5.41) is 6.82. The minimum atomic E-state index is 0.250. The van der Waals surface area contributed by atoms with Crippen molar-refractivity contribution in [2.75, 3.05) is 33.9 Å². The van der Waals surface area contributed by atoms with Crippen molar-refractivity contribution in [3.63, 3.8) is 0 Å². The number of ether oxygens (including phenoxy) is 2. The van der Waals surface area contributed by atoms with Crippen molar-refractivity contribution in [3.05, 3.63) is 23.8 Å². The second-order valence-corrected chi connectivity index (χ2v) is 3.79. The molecule has 4 nitrogen and oxygen atoms in total. The summed E-state index contributed by atoms with van der Waals surface area (Å²) in [5.41, 5.74) is 1.10. The number of rotatable bonds is 3.